The van der Waals surface area contributed by atoms with Crippen molar-refractivity contribution in [3.05, 3.63) is 81.1 Å². The Morgan fingerprint density at radius 3 is 2.64 bits per heavy atom. The maximum atomic E-state index is 12.2. The van der Waals surface area contributed by atoms with Crippen molar-refractivity contribution in [1.82, 2.24) is 15.0 Å². The van der Waals surface area contributed by atoms with E-state index in [2.05, 4.69) is 10.3 Å². The summed E-state index contributed by atoms with van der Waals surface area (Å²) < 4.78 is 6.89. The summed E-state index contributed by atoms with van der Waals surface area (Å²) in [6.07, 6.45) is 0. The molecule has 0 aliphatic heterocycles. The predicted octanol–water partition coefficient (Wildman–Crippen LogP) is 4.30. The van der Waals surface area contributed by atoms with Crippen LogP contribution in [0.1, 0.15) is 27.3 Å². The molecule has 0 spiro atoms. The summed E-state index contributed by atoms with van der Waals surface area (Å²) in [6.45, 7) is 2.31. The van der Waals surface area contributed by atoms with Crippen LogP contribution in [0.15, 0.2) is 48.5 Å². The van der Waals surface area contributed by atoms with Gasteiger partial charge in [0.05, 0.1) is 22.3 Å². The van der Waals surface area contributed by atoms with Crippen LogP contribution in [0, 0.1) is 6.92 Å². The molecule has 3 aromatic rings. The van der Waals surface area contributed by atoms with Crippen LogP contribution in [0.4, 0.5) is 0 Å². The van der Waals surface area contributed by atoms with Gasteiger partial charge in [-0.25, -0.2) is 9.48 Å². The lowest BCUT2D eigenvalue weighted by Gasteiger charge is -2.07. The van der Waals surface area contributed by atoms with Gasteiger partial charge in [-0.05, 0) is 24.1 Å². The second-order valence-electron chi connectivity index (χ2n) is 5.46. The van der Waals surface area contributed by atoms with Crippen LogP contribution in [0.2, 0.25) is 10.0 Å². The number of esters is 1. The number of nitrogens with zero attached hydrogens (tertiary/aromatic N) is 3. The fourth-order valence-electron chi connectivity index (χ4n) is 2.32. The molecule has 0 N–H and O–H groups in total. The van der Waals surface area contributed by atoms with Crippen molar-refractivity contribution in [1.29, 1.82) is 0 Å². The van der Waals surface area contributed by atoms with Gasteiger partial charge in [0, 0.05) is 0 Å². The minimum absolute atomic E-state index is 0.187. The number of carbonyl (C=O) groups is 1. The highest BCUT2D eigenvalue weighted by Crippen LogP contribution is 2.26. The highest BCUT2D eigenvalue weighted by Gasteiger charge is 2.19. The fraction of sp³-hybridized carbons (Fsp3) is 0.167. The van der Waals surface area contributed by atoms with E-state index in [-0.39, 0.29) is 12.3 Å². The average Bonchev–Trinajstić information content (AvgIpc) is 2.98. The molecule has 0 amide bonds. The van der Waals surface area contributed by atoms with Crippen LogP contribution in [0.3, 0.4) is 0 Å². The number of halogens is 2. The molecular formula is C18H15Cl2N3O2. The number of hydrogen-bond acceptors (Lipinski definition) is 4. The van der Waals surface area contributed by atoms with E-state index in [1.165, 1.54) is 0 Å². The zero-order valence-electron chi connectivity index (χ0n) is 13.4. The molecule has 0 aliphatic carbocycles. The van der Waals surface area contributed by atoms with Gasteiger partial charge in [0.2, 0.25) is 0 Å². The molecule has 1 aromatic heterocycles. The second kappa shape index (κ2) is 7.68. The zero-order chi connectivity index (χ0) is 17.8. The SMILES string of the molecule is Cc1c(C(=O)OCc2ccccc2)nnn1Cc1cccc(Cl)c1Cl. The third-order valence-corrected chi connectivity index (χ3v) is 4.60. The minimum atomic E-state index is -0.509. The number of aromatic nitrogens is 3. The largest absolute Gasteiger partial charge is 0.456 e. The Bertz CT molecular complexity index is 895. The van der Waals surface area contributed by atoms with Crippen molar-refractivity contribution in [2.24, 2.45) is 0 Å². The summed E-state index contributed by atoms with van der Waals surface area (Å²) in [5.41, 5.74) is 2.50. The molecule has 7 heteroatoms. The molecule has 0 bridgehead atoms. The quantitative estimate of drug-likeness (QED) is 0.623. The van der Waals surface area contributed by atoms with E-state index in [4.69, 9.17) is 27.9 Å². The summed E-state index contributed by atoms with van der Waals surface area (Å²) in [7, 11) is 0. The summed E-state index contributed by atoms with van der Waals surface area (Å²) >= 11 is 12.2. The Labute approximate surface area is 155 Å². The summed E-state index contributed by atoms with van der Waals surface area (Å²) in [6, 6.07) is 14.8. The highest BCUT2D eigenvalue weighted by atomic mass is 35.5. The van der Waals surface area contributed by atoms with Gasteiger partial charge in [-0.2, -0.15) is 0 Å². The van der Waals surface area contributed by atoms with Gasteiger partial charge in [-0.1, -0.05) is 70.9 Å². The fourth-order valence-corrected chi connectivity index (χ4v) is 2.70. The van der Waals surface area contributed by atoms with Crippen LogP contribution < -0.4 is 0 Å². The van der Waals surface area contributed by atoms with Crippen molar-refractivity contribution in [2.45, 2.75) is 20.1 Å². The van der Waals surface area contributed by atoms with Crippen molar-refractivity contribution < 1.29 is 9.53 Å². The lowest BCUT2D eigenvalue weighted by Crippen LogP contribution is -2.09. The Kier molecular flexibility index (Phi) is 5.36. The van der Waals surface area contributed by atoms with Gasteiger partial charge in [0.15, 0.2) is 5.69 Å². The molecule has 0 saturated carbocycles. The first-order valence-corrected chi connectivity index (χ1v) is 8.36. The molecule has 0 fully saturated rings. The molecular weight excluding hydrogens is 361 g/mol. The van der Waals surface area contributed by atoms with Crippen molar-refractivity contribution in [3.8, 4) is 0 Å². The highest BCUT2D eigenvalue weighted by molar-refractivity contribution is 6.42. The number of benzene rings is 2. The Morgan fingerprint density at radius 2 is 1.88 bits per heavy atom. The second-order valence-corrected chi connectivity index (χ2v) is 6.24. The number of ether oxygens (including phenoxy) is 1. The molecule has 5 nitrogen and oxygen atoms in total. The van der Waals surface area contributed by atoms with Crippen LogP contribution in [0.5, 0.6) is 0 Å². The average molecular weight is 376 g/mol. The van der Waals surface area contributed by atoms with Gasteiger partial charge in [-0.15, -0.1) is 5.10 Å². The maximum Gasteiger partial charge on any atom is 0.361 e. The lowest BCUT2D eigenvalue weighted by atomic mass is 10.2. The molecule has 0 unspecified atom stereocenters. The third kappa shape index (κ3) is 4.00. The van der Waals surface area contributed by atoms with Crippen LogP contribution in [0.25, 0.3) is 0 Å². The molecule has 0 radical (unpaired) electrons. The smallest absolute Gasteiger partial charge is 0.361 e. The van der Waals surface area contributed by atoms with Crippen LogP contribution in [-0.4, -0.2) is 21.0 Å². The molecule has 128 valence electrons. The monoisotopic (exact) mass is 375 g/mol. The molecule has 3 rings (SSSR count). The summed E-state index contributed by atoms with van der Waals surface area (Å²) in [5, 5.41) is 8.90. The topological polar surface area (TPSA) is 57.0 Å². The van der Waals surface area contributed by atoms with E-state index >= 15 is 0 Å². The van der Waals surface area contributed by atoms with E-state index in [0.29, 0.717) is 22.3 Å². The van der Waals surface area contributed by atoms with Gasteiger partial charge in [0.1, 0.15) is 6.61 Å². The van der Waals surface area contributed by atoms with E-state index in [9.17, 15) is 4.79 Å². The maximum absolute atomic E-state index is 12.2. The Hall–Kier alpha value is -2.37. The Morgan fingerprint density at radius 1 is 1.12 bits per heavy atom. The lowest BCUT2D eigenvalue weighted by molar-refractivity contribution is 0.0464. The number of carbonyl (C=O) groups excluding carboxylic acids is 1. The first-order valence-electron chi connectivity index (χ1n) is 7.60. The molecule has 25 heavy (non-hydrogen) atoms. The predicted molar refractivity (Wildman–Crippen MR) is 95.9 cm³/mol. The molecule has 0 saturated heterocycles. The van der Waals surface area contributed by atoms with Crippen molar-refractivity contribution >= 4 is 29.2 Å². The minimum Gasteiger partial charge on any atom is -0.456 e. The summed E-state index contributed by atoms with van der Waals surface area (Å²) in [4.78, 5) is 12.2. The number of hydrogen-bond donors (Lipinski definition) is 0. The van der Waals surface area contributed by atoms with E-state index in [1.54, 1.807) is 17.7 Å². The first kappa shape index (κ1) is 17.5. The van der Waals surface area contributed by atoms with Gasteiger partial charge in [-0.3, -0.25) is 0 Å². The normalized spacial score (nSPS) is 10.7. The van der Waals surface area contributed by atoms with E-state index in [1.807, 2.05) is 42.5 Å². The van der Waals surface area contributed by atoms with E-state index in [0.717, 1.165) is 11.1 Å². The zero-order valence-corrected chi connectivity index (χ0v) is 15.0. The van der Waals surface area contributed by atoms with E-state index < -0.39 is 5.97 Å². The first-order chi connectivity index (χ1) is 12.1. The van der Waals surface area contributed by atoms with Crippen LogP contribution >= 0.6 is 23.2 Å². The van der Waals surface area contributed by atoms with Gasteiger partial charge < -0.3 is 4.74 Å². The van der Waals surface area contributed by atoms with Crippen LogP contribution in [-0.2, 0) is 17.9 Å². The molecule has 0 aliphatic rings. The van der Waals surface area contributed by atoms with Crippen molar-refractivity contribution in [2.75, 3.05) is 0 Å². The molecule has 2 aromatic carbocycles. The molecule has 0 atom stereocenters. The third-order valence-electron chi connectivity index (χ3n) is 3.74. The van der Waals surface area contributed by atoms with Crippen molar-refractivity contribution in [3.63, 3.8) is 0 Å². The standard InChI is InChI=1S/C18H15Cl2N3O2/c1-12-17(18(24)25-11-13-6-3-2-4-7-13)21-22-23(12)10-14-8-5-9-15(19)16(14)20/h2-9H,10-11H2,1H3. The van der Waals surface area contributed by atoms with Gasteiger partial charge >= 0.3 is 5.97 Å². The van der Waals surface area contributed by atoms with Gasteiger partial charge in [0.25, 0.3) is 0 Å². The Balaban J connectivity index is 1.72. The summed E-state index contributed by atoms with van der Waals surface area (Å²) in [5.74, 6) is -0.509. The number of rotatable bonds is 5. The molecule has 1 heterocycles.